The molecular formula is C18H22ClNS. The van der Waals surface area contributed by atoms with Crippen LogP contribution in [-0.2, 0) is 11.8 Å². The number of hydrogen-bond acceptors (Lipinski definition) is 2. The molecule has 0 atom stereocenters. The zero-order chi connectivity index (χ0) is 15.5. The molecule has 0 aliphatic carbocycles. The van der Waals surface area contributed by atoms with E-state index in [4.69, 9.17) is 17.3 Å². The molecule has 0 aromatic heterocycles. The largest absolute Gasteiger partial charge is 0.330 e. The summed E-state index contributed by atoms with van der Waals surface area (Å²) in [5, 5.41) is 0.768. The van der Waals surface area contributed by atoms with Crippen LogP contribution >= 0.6 is 23.4 Å². The second-order valence-corrected chi connectivity index (χ2v) is 7.72. The summed E-state index contributed by atoms with van der Waals surface area (Å²) < 4.78 is 0. The SMILES string of the molecule is CC(C)(C)c1ccc(Sc2cc(Cl)ccc2CCN)cc1. The number of nitrogens with two attached hydrogens (primary N) is 1. The third-order valence-corrected chi connectivity index (χ3v) is 4.73. The Hall–Kier alpha value is -0.960. The molecule has 112 valence electrons. The van der Waals surface area contributed by atoms with Crippen molar-refractivity contribution in [1.82, 2.24) is 0 Å². The van der Waals surface area contributed by atoms with Gasteiger partial charge in [0.05, 0.1) is 0 Å². The summed E-state index contributed by atoms with van der Waals surface area (Å²) in [5.74, 6) is 0. The van der Waals surface area contributed by atoms with Gasteiger partial charge in [-0.05, 0) is 53.8 Å². The molecule has 0 spiro atoms. The minimum atomic E-state index is 0.184. The number of benzene rings is 2. The van der Waals surface area contributed by atoms with Gasteiger partial charge < -0.3 is 5.73 Å². The summed E-state index contributed by atoms with van der Waals surface area (Å²) in [7, 11) is 0. The highest BCUT2D eigenvalue weighted by atomic mass is 35.5. The first-order chi connectivity index (χ1) is 9.90. The molecule has 0 bridgehead atoms. The second-order valence-electron chi connectivity index (χ2n) is 6.17. The van der Waals surface area contributed by atoms with E-state index in [9.17, 15) is 0 Å². The van der Waals surface area contributed by atoms with Crippen LogP contribution in [0.25, 0.3) is 0 Å². The summed E-state index contributed by atoms with van der Waals surface area (Å²) in [6, 6.07) is 14.8. The third kappa shape index (κ3) is 4.50. The molecule has 21 heavy (non-hydrogen) atoms. The number of halogens is 1. The molecule has 0 saturated heterocycles. The maximum atomic E-state index is 6.12. The van der Waals surface area contributed by atoms with Crippen molar-refractivity contribution in [2.45, 2.75) is 42.4 Å². The average molecular weight is 320 g/mol. The lowest BCUT2D eigenvalue weighted by Gasteiger charge is -2.19. The van der Waals surface area contributed by atoms with Crippen molar-refractivity contribution in [3.8, 4) is 0 Å². The van der Waals surface area contributed by atoms with Gasteiger partial charge in [0.15, 0.2) is 0 Å². The van der Waals surface area contributed by atoms with Crippen molar-refractivity contribution < 1.29 is 0 Å². The van der Waals surface area contributed by atoms with Crippen LogP contribution in [0.5, 0.6) is 0 Å². The lowest BCUT2D eigenvalue weighted by molar-refractivity contribution is 0.590. The van der Waals surface area contributed by atoms with Gasteiger partial charge in [0.25, 0.3) is 0 Å². The van der Waals surface area contributed by atoms with E-state index in [0.29, 0.717) is 6.54 Å². The molecule has 0 saturated carbocycles. The molecule has 0 aliphatic heterocycles. The number of hydrogen-bond donors (Lipinski definition) is 1. The Morgan fingerprint density at radius 2 is 1.71 bits per heavy atom. The molecule has 2 N–H and O–H groups in total. The van der Waals surface area contributed by atoms with Crippen LogP contribution in [0.15, 0.2) is 52.3 Å². The monoisotopic (exact) mass is 319 g/mol. The lowest BCUT2D eigenvalue weighted by Crippen LogP contribution is -2.10. The van der Waals surface area contributed by atoms with Gasteiger partial charge in [-0.15, -0.1) is 0 Å². The van der Waals surface area contributed by atoms with E-state index < -0.39 is 0 Å². The molecule has 0 unspecified atom stereocenters. The van der Waals surface area contributed by atoms with Gasteiger partial charge in [0.1, 0.15) is 0 Å². The van der Waals surface area contributed by atoms with Gasteiger partial charge in [0.2, 0.25) is 0 Å². The fourth-order valence-corrected chi connectivity index (χ4v) is 3.39. The Morgan fingerprint density at radius 3 is 2.29 bits per heavy atom. The van der Waals surface area contributed by atoms with E-state index in [-0.39, 0.29) is 5.41 Å². The van der Waals surface area contributed by atoms with Crippen molar-refractivity contribution in [2.24, 2.45) is 5.73 Å². The van der Waals surface area contributed by atoms with Gasteiger partial charge in [-0.3, -0.25) is 0 Å². The van der Waals surface area contributed by atoms with Crippen LogP contribution in [0, 0.1) is 0 Å². The third-order valence-electron chi connectivity index (χ3n) is 3.39. The van der Waals surface area contributed by atoms with E-state index in [1.165, 1.54) is 20.9 Å². The van der Waals surface area contributed by atoms with Gasteiger partial charge in [-0.1, -0.05) is 62.3 Å². The Labute approximate surface area is 136 Å². The zero-order valence-electron chi connectivity index (χ0n) is 12.8. The minimum Gasteiger partial charge on any atom is -0.330 e. The summed E-state index contributed by atoms with van der Waals surface area (Å²) in [6.07, 6.45) is 0.875. The van der Waals surface area contributed by atoms with E-state index in [1.54, 1.807) is 11.8 Å². The Bertz CT molecular complexity index is 600. The van der Waals surface area contributed by atoms with Crippen LogP contribution in [0.1, 0.15) is 31.9 Å². The van der Waals surface area contributed by atoms with Gasteiger partial charge >= 0.3 is 0 Å². The molecule has 0 aliphatic rings. The minimum absolute atomic E-state index is 0.184. The molecule has 2 aromatic rings. The lowest BCUT2D eigenvalue weighted by atomic mass is 9.87. The highest BCUT2D eigenvalue weighted by Gasteiger charge is 2.13. The molecule has 2 aromatic carbocycles. The van der Waals surface area contributed by atoms with Gasteiger partial charge in [-0.25, -0.2) is 0 Å². The normalized spacial score (nSPS) is 11.7. The molecule has 2 rings (SSSR count). The zero-order valence-corrected chi connectivity index (χ0v) is 14.4. The van der Waals surface area contributed by atoms with Crippen molar-refractivity contribution in [3.05, 3.63) is 58.6 Å². The van der Waals surface area contributed by atoms with Crippen LogP contribution in [0.4, 0.5) is 0 Å². The average Bonchev–Trinajstić information content (AvgIpc) is 2.42. The molecule has 0 fully saturated rings. The molecular weight excluding hydrogens is 298 g/mol. The maximum Gasteiger partial charge on any atom is 0.0417 e. The van der Waals surface area contributed by atoms with Crippen molar-refractivity contribution >= 4 is 23.4 Å². The highest BCUT2D eigenvalue weighted by molar-refractivity contribution is 7.99. The molecule has 0 heterocycles. The second kappa shape index (κ2) is 6.87. The van der Waals surface area contributed by atoms with Crippen LogP contribution in [-0.4, -0.2) is 6.54 Å². The standard InChI is InChI=1S/C18H22ClNS/c1-18(2,3)14-5-8-16(9-6-14)21-17-12-15(19)7-4-13(17)10-11-20/h4-9,12H,10-11,20H2,1-3H3. The smallest absolute Gasteiger partial charge is 0.0417 e. The molecule has 0 radical (unpaired) electrons. The van der Waals surface area contributed by atoms with E-state index >= 15 is 0 Å². The topological polar surface area (TPSA) is 26.0 Å². The predicted octanol–water partition coefficient (Wildman–Crippen LogP) is 5.29. The maximum absolute atomic E-state index is 6.12. The highest BCUT2D eigenvalue weighted by Crippen LogP contribution is 2.34. The quantitative estimate of drug-likeness (QED) is 0.828. The first-order valence-electron chi connectivity index (χ1n) is 7.17. The fourth-order valence-electron chi connectivity index (χ4n) is 2.14. The Kier molecular flexibility index (Phi) is 5.37. The van der Waals surface area contributed by atoms with Crippen molar-refractivity contribution in [2.75, 3.05) is 6.54 Å². The van der Waals surface area contributed by atoms with E-state index in [1.807, 2.05) is 12.1 Å². The first-order valence-corrected chi connectivity index (χ1v) is 8.36. The fraction of sp³-hybridized carbons (Fsp3) is 0.333. The number of rotatable bonds is 4. The first kappa shape index (κ1) is 16.4. The van der Waals surface area contributed by atoms with E-state index in [2.05, 4.69) is 51.1 Å². The predicted molar refractivity (Wildman–Crippen MR) is 93.5 cm³/mol. The summed E-state index contributed by atoms with van der Waals surface area (Å²) in [6.45, 7) is 7.33. The van der Waals surface area contributed by atoms with Crippen molar-refractivity contribution in [3.63, 3.8) is 0 Å². The summed E-state index contributed by atoms with van der Waals surface area (Å²) in [5.41, 5.74) is 8.47. The summed E-state index contributed by atoms with van der Waals surface area (Å²) in [4.78, 5) is 2.42. The van der Waals surface area contributed by atoms with E-state index in [0.717, 1.165) is 11.4 Å². The van der Waals surface area contributed by atoms with Gasteiger partial charge in [0, 0.05) is 14.8 Å². The Balaban J connectivity index is 2.23. The molecule has 0 amide bonds. The van der Waals surface area contributed by atoms with Gasteiger partial charge in [-0.2, -0.15) is 0 Å². The summed E-state index contributed by atoms with van der Waals surface area (Å²) >= 11 is 7.87. The van der Waals surface area contributed by atoms with Crippen LogP contribution in [0.3, 0.4) is 0 Å². The van der Waals surface area contributed by atoms with Crippen LogP contribution in [0.2, 0.25) is 5.02 Å². The van der Waals surface area contributed by atoms with Crippen molar-refractivity contribution in [1.29, 1.82) is 0 Å². The Morgan fingerprint density at radius 1 is 1.05 bits per heavy atom. The molecule has 1 nitrogen and oxygen atoms in total. The molecule has 3 heteroatoms. The van der Waals surface area contributed by atoms with Crippen LogP contribution < -0.4 is 5.73 Å².